The van der Waals surface area contributed by atoms with Gasteiger partial charge in [0.05, 0.1) is 5.69 Å². The molecule has 0 saturated carbocycles. The van der Waals surface area contributed by atoms with E-state index < -0.39 is 0 Å². The average Bonchev–Trinajstić information content (AvgIpc) is 2.74. The molecule has 5 heteroatoms. The first-order valence-corrected chi connectivity index (χ1v) is 8.20. The molecule has 3 rings (SSSR count). The van der Waals surface area contributed by atoms with E-state index in [1.165, 1.54) is 41.5 Å². The summed E-state index contributed by atoms with van der Waals surface area (Å²) in [6.45, 7) is 4.63. The maximum Gasteiger partial charge on any atom is 0.185 e. The van der Waals surface area contributed by atoms with E-state index in [0.29, 0.717) is 6.04 Å². The van der Waals surface area contributed by atoms with Gasteiger partial charge >= 0.3 is 0 Å². The van der Waals surface area contributed by atoms with Gasteiger partial charge in [-0.2, -0.15) is 0 Å². The molecule has 1 fully saturated rings. The Morgan fingerprint density at radius 1 is 1.21 bits per heavy atom. The molecule has 0 radical (unpaired) electrons. The van der Waals surface area contributed by atoms with Crippen LogP contribution in [-0.4, -0.2) is 50.2 Å². The van der Waals surface area contributed by atoms with Crippen LogP contribution in [-0.2, 0) is 6.42 Å². The highest BCUT2D eigenvalue weighted by molar-refractivity contribution is 7.15. The Morgan fingerprint density at radius 2 is 2.11 bits per heavy atom. The van der Waals surface area contributed by atoms with Crippen LogP contribution in [0, 0.1) is 0 Å². The number of likely N-dealkylation sites (N-methyl/N-ethyl adjacent to an activating group) is 1. The molecule has 0 spiro atoms. The van der Waals surface area contributed by atoms with Crippen LogP contribution in [0.4, 0.5) is 5.13 Å². The molecule has 0 amide bonds. The predicted octanol–water partition coefficient (Wildman–Crippen LogP) is 1.88. The molecule has 4 nitrogen and oxygen atoms in total. The van der Waals surface area contributed by atoms with Gasteiger partial charge in [-0.15, -0.1) is 0 Å². The third-order valence-corrected chi connectivity index (χ3v) is 5.55. The quantitative estimate of drug-likeness (QED) is 0.896. The second-order valence-electron chi connectivity index (χ2n) is 5.68. The molecule has 1 aromatic heterocycles. The molecule has 0 bridgehead atoms. The van der Waals surface area contributed by atoms with Crippen molar-refractivity contribution in [3.8, 4) is 0 Å². The lowest BCUT2D eigenvalue weighted by molar-refractivity contribution is 0.360. The smallest absolute Gasteiger partial charge is 0.185 e. The van der Waals surface area contributed by atoms with Crippen molar-refractivity contribution in [2.45, 2.75) is 31.7 Å². The van der Waals surface area contributed by atoms with Gasteiger partial charge in [0.25, 0.3) is 0 Å². The lowest BCUT2D eigenvalue weighted by Gasteiger charge is -2.20. The van der Waals surface area contributed by atoms with Crippen molar-refractivity contribution < 1.29 is 0 Å². The third kappa shape index (κ3) is 2.78. The molecule has 1 unspecified atom stereocenters. The van der Waals surface area contributed by atoms with Gasteiger partial charge in [-0.05, 0) is 46.3 Å². The molecule has 19 heavy (non-hydrogen) atoms. The average molecular weight is 280 g/mol. The topological polar surface area (TPSA) is 31.4 Å². The normalized spacial score (nSPS) is 25.2. The summed E-state index contributed by atoms with van der Waals surface area (Å²) in [4.78, 5) is 11.3. The minimum atomic E-state index is 0.532. The van der Waals surface area contributed by atoms with Crippen molar-refractivity contribution in [2.75, 3.05) is 45.2 Å². The third-order valence-electron chi connectivity index (χ3n) is 4.28. The van der Waals surface area contributed by atoms with E-state index in [9.17, 15) is 0 Å². The van der Waals surface area contributed by atoms with Crippen LogP contribution in [0.5, 0.6) is 0 Å². The van der Waals surface area contributed by atoms with Gasteiger partial charge in [-0.1, -0.05) is 11.3 Å². The first-order valence-electron chi connectivity index (χ1n) is 7.38. The zero-order valence-electron chi connectivity index (χ0n) is 12.0. The Kier molecular flexibility index (Phi) is 4.05. The minimum Gasteiger partial charge on any atom is -0.347 e. The zero-order valence-corrected chi connectivity index (χ0v) is 12.8. The summed E-state index contributed by atoms with van der Waals surface area (Å²) >= 11 is 1.92. The maximum absolute atomic E-state index is 4.93. The number of fused-ring (bicyclic) bond motifs is 1. The van der Waals surface area contributed by atoms with Gasteiger partial charge < -0.3 is 15.1 Å². The fourth-order valence-corrected chi connectivity index (χ4v) is 4.36. The SMILES string of the molecule is CNC1CCCc2nc(N3CCCN(C)CC3)sc21. The van der Waals surface area contributed by atoms with Gasteiger partial charge in [0.15, 0.2) is 5.13 Å². The predicted molar refractivity (Wildman–Crippen MR) is 81.2 cm³/mol. The fourth-order valence-electron chi connectivity index (χ4n) is 3.06. The summed E-state index contributed by atoms with van der Waals surface area (Å²) in [6.07, 6.45) is 4.94. The van der Waals surface area contributed by atoms with Crippen molar-refractivity contribution >= 4 is 16.5 Å². The van der Waals surface area contributed by atoms with Crippen molar-refractivity contribution in [1.29, 1.82) is 0 Å². The number of nitrogens with one attached hydrogen (secondary N) is 1. The number of rotatable bonds is 2. The first kappa shape index (κ1) is 13.3. The zero-order chi connectivity index (χ0) is 13.2. The fraction of sp³-hybridized carbons (Fsp3) is 0.786. The Bertz CT molecular complexity index is 431. The van der Waals surface area contributed by atoms with Gasteiger partial charge in [-0.25, -0.2) is 4.98 Å². The van der Waals surface area contributed by atoms with Crippen LogP contribution in [0.25, 0.3) is 0 Å². The van der Waals surface area contributed by atoms with Crippen LogP contribution >= 0.6 is 11.3 Å². The Labute approximate surface area is 119 Å². The van der Waals surface area contributed by atoms with E-state index in [-0.39, 0.29) is 0 Å². The van der Waals surface area contributed by atoms with Crippen LogP contribution < -0.4 is 10.2 Å². The highest BCUT2D eigenvalue weighted by atomic mass is 32.1. The van der Waals surface area contributed by atoms with Crippen molar-refractivity contribution in [1.82, 2.24) is 15.2 Å². The number of thiazole rings is 1. The maximum atomic E-state index is 4.93. The molecular formula is C14H24N4S. The lowest BCUT2D eigenvalue weighted by Crippen LogP contribution is -2.28. The van der Waals surface area contributed by atoms with Gasteiger partial charge in [-0.3, -0.25) is 0 Å². The Hall–Kier alpha value is -0.650. The summed E-state index contributed by atoms with van der Waals surface area (Å²) in [6, 6.07) is 0.532. The number of aryl methyl sites for hydroxylation is 1. The summed E-state index contributed by atoms with van der Waals surface area (Å²) in [5.41, 5.74) is 1.35. The molecule has 1 saturated heterocycles. The molecular weight excluding hydrogens is 256 g/mol. The molecule has 1 aromatic rings. The molecule has 1 aliphatic carbocycles. The second-order valence-corrected chi connectivity index (χ2v) is 6.69. The molecule has 1 atom stereocenters. The van der Waals surface area contributed by atoms with Crippen molar-refractivity contribution in [3.63, 3.8) is 0 Å². The van der Waals surface area contributed by atoms with Gasteiger partial charge in [0, 0.05) is 30.6 Å². The molecule has 106 valence electrons. The summed E-state index contributed by atoms with van der Waals surface area (Å²) < 4.78 is 0. The van der Waals surface area contributed by atoms with E-state index in [0.717, 1.165) is 26.1 Å². The highest BCUT2D eigenvalue weighted by Crippen LogP contribution is 2.37. The number of aromatic nitrogens is 1. The number of anilines is 1. The number of hydrogen-bond acceptors (Lipinski definition) is 5. The monoisotopic (exact) mass is 280 g/mol. The van der Waals surface area contributed by atoms with Gasteiger partial charge in [0.2, 0.25) is 0 Å². The summed E-state index contributed by atoms with van der Waals surface area (Å²) in [5.74, 6) is 0. The van der Waals surface area contributed by atoms with E-state index in [1.807, 2.05) is 11.3 Å². The van der Waals surface area contributed by atoms with E-state index >= 15 is 0 Å². The van der Waals surface area contributed by atoms with Gasteiger partial charge in [0.1, 0.15) is 0 Å². The van der Waals surface area contributed by atoms with Crippen LogP contribution in [0.2, 0.25) is 0 Å². The van der Waals surface area contributed by atoms with Crippen LogP contribution in [0.1, 0.15) is 35.9 Å². The molecule has 1 N–H and O–H groups in total. The van der Waals surface area contributed by atoms with Crippen molar-refractivity contribution in [2.24, 2.45) is 0 Å². The number of hydrogen-bond donors (Lipinski definition) is 1. The lowest BCUT2D eigenvalue weighted by atomic mass is 9.98. The highest BCUT2D eigenvalue weighted by Gasteiger charge is 2.25. The first-order chi connectivity index (χ1) is 9.28. The Morgan fingerprint density at radius 3 is 2.95 bits per heavy atom. The summed E-state index contributed by atoms with van der Waals surface area (Å²) in [7, 11) is 4.29. The van der Waals surface area contributed by atoms with E-state index in [1.54, 1.807) is 0 Å². The molecule has 0 aromatic carbocycles. The molecule has 2 aliphatic rings. The standard InChI is InChI=1S/C14H24N4S/c1-15-11-5-3-6-12-13(11)19-14(16-12)18-8-4-7-17(2)9-10-18/h11,15H,3-10H2,1-2H3. The second kappa shape index (κ2) is 5.77. The largest absolute Gasteiger partial charge is 0.347 e. The van der Waals surface area contributed by atoms with Crippen LogP contribution in [0.3, 0.4) is 0 Å². The van der Waals surface area contributed by atoms with Crippen molar-refractivity contribution in [3.05, 3.63) is 10.6 Å². The van der Waals surface area contributed by atoms with Crippen LogP contribution in [0.15, 0.2) is 0 Å². The molecule has 2 heterocycles. The summed E-state index contributed by atoms with van der Waals surface area (Å²) in [5, 5.41) is 4.69. The Balaban J connectivity index is 1.80. The van der Waals surface area contributed by atoms with E-state index in [4.69, 9.17) is 4.98 Å². The number of nitrogens with zero attached hydrogens (tertiary/aromatic N) is 3. The van der Waals surface area contributed by atoms with E-state index in [2.05, 4.69) is 29.2 Å². The minimum absolute atomic E-state index is 0.532. The molecule has 1 aliphatic heterocycles.